The Hall–Kier alpha value is -1.57. The van der Waals surface area contributed by atoms with Crippen molar-refractivity contribution in [2.45, 2.75) is 25.8 Å². The topological polar surface area (TPSA) is 101 Å². The van der Waals surface area contributed by atoms with E-state index in [1.165, 1.54) is 4.68 Å². The molecule has 0 radical (unpaired) electrons. The van der Waals surface area contributed by atoms with Crippen LogP contribution in [0.1, 0.15) is 28.9 Å². The minimum absolute atomic E-state index is 0.0380. The standard InChI is InChI=1S/C11H17N3O4S/c1-7-9(11(15)16)10(14(2)13-7)12-8-4-3-5-19(17,18)6-8/h8,12H,3-6H2,1-2H3,(H,15,16). The monoisotopic (exact) mass is 287 g/mol. The van der Waals surface area contributed by atoms with Crippen molar-refractivity contribution < 1.29 is 18.3 Å². The van der Waals surface area contributed by atoms with E-state index in [9.17, 15) is 18.3 Å². The molecule has 0 aromatic carbocycles. The van der Waals surface area contributed by atoms with E-state index >= 15 is 0 Å². The first kappa shape index (κ1) is 13.9. The lowest BCUT2D eigenvalue weighted by Crippen LogP contribution is -2.35. The molecule has 0 aliphatic carbocycles. The van der Waals surface area contributed by atoms with Gasteiger partial charge in [0.2, 0.25) is 0 Å². The van der Waals surface area contributed by atoms with Crippen molar-refractivity contribution in [3.63, 3.8) is 0 Å². The van der Waals surface area contributed by atoms with Crippen LogP contribution in [-0.4, -0.2) is 46.8 Å². The van der Waals surface area contributed by atoms with E-state index in [0.717, 1.165) is 0 Å². The third kappa shape index (κ3) is 2.89. The van der Waals surface area contributed by atoms with E-state index in [0.29, 0.717) is 24.4 Å². The van der Waals surface area contributed by atoms with Crippen molar-refractivity contribution in [3.05, 3.63) is 11.3 Å². The van der Waals surface area contributed by atoms with Gasteiger partial charge in [0.05, 0.1) is 17.2 Å². The van der Waals surface area contributed by atoms with E-state index in [2.05, 4.69) is 10.4 Å². The zero-order chi connectivity index (χ0) is 14.2. The highest BCUT2D eigenvalue weighted by molar-refractivity contribution is 7.91. The fourth-order valence-electron chi connectivity index (χ4n) is 2.41. The van der Waals surface area contributed by atoms with Gasteiger partial charge in [-0.05, 0) is 19.8 Å². The summed E-state index contributed by atoms with van der Waals surface area (Å²) in [6.07, 6.45) is 1.31. The van der Waals surface area contributed by atoms with Crippen LogP contribution in [0.15, 0.2) is 0 Å². The Morgan fingerprint density at radius 1 is 1.53 bits per heavy atom. The minimum atomic E-state index is -3.03. The van der Waals surface area contributed by atoms with Crippen LogP contribution in [0.5, 0.6) is 0 Å². The van der Waals surface area contributed by atoms with Crippen LogP contribution >= 0.6 is 0 Å². The first-order valence-electron chi connectivity index (χ1n) is 6.04. The Morgan fingerprint density at radius 2 is 2.21 bits per heavy atom. The highest BCUT2D eigenvalue weighted by Crippen LogP contribution is 2.22. The largest absolute Gasteiger partial charge is 0.477 e. The molecule has 2 heterocycles. The molecule has 1 unspecified atom stereocenters. The predicted molar refractivity (Wildman–Crippen MR) is 70.2 cm³/mol. The summed E-state index contributed by atoms with van der Waals surface area (Å²) < 4.78 is 24.6. The summed E-state index contributed by atoms with van der Waals surface area (Å²) in [4.78, 5) is 11.2. The van der Waals surface area contributed by atoms with Gasteiger partial charge in [0.1, 0.15) is 11.4 Å². The quantitative estimate of drug-likeness (QED) is 0.835. The molecule has 2 N–H and O–H groups in total. The molecule has 1 saturated heterocycles. The van der Waals surface area contributed by atoms with Gasteiger partial charge >= 0.3 is 5.97 Å². The fraction of sp³-hybridized carbons (Fsp3) is 0.636. The van der Waals surface area contributed by atoms with Crippen molar-refractivity contribution in [2.75, 3.05) is 16.8 Å². The molecule has 1 aromatic rings. The summed E-state index contributed by atoms with van der Waals surface area (Å²) in [7, 11) is -1.39. The van der Waals surface area contributed by atoms with Crippen LogP contribution in [0.25, 0.3) is 0 Å². The van der Waals surface area contributed by atoms with Crippen LogP contribution < -0.4 is 5.32 Å². The molecule has 106 valence electrons. The lowest BCUT2D eigenvalue weighted by molar-refractivity contribution is 0.0697. The molecule has 1 aliphatic heterocycles. The summed E-state index contributed by atoms with van der Waals surface area (Å²) in [6, 6.07) is -0.258. The third-order valence-electron chi connectivity index (χ3n) is 3.24. The molecular formula is C11H17N3O4S. The highest BCUT2D eigenvalue weighted by atomic mass is 32.2. The summed E-state index contributed by atoms with van der Waals surface area (Å²) in [5.41, 5.74) is 0.515. The Labute approximate surface area is 111 Å². The molecule has 0 amide bonds. The van der Waals surface area contributed by atoms with Gasteiger partial charge in [0.15, 0.2) is 9.84 Å². The molecule has 0 saturated carbocycles. The summed E-state index contributed by atoms with van der Waals surface area (Å²) >= 11 is 0. The molecule has 1 aromatic heterocycles. The van der Waals surface area contributed by atoms with Crippen LogP contribution in [0, 0.1) is 6.92 Å². The van der Waals surface area contributed by atoms with E-state index < -0.39 is 15.8 Å². The second-order valence-electron chi connectivity index (χ2n) is 4.84. The molecule has 0 spiro atoms. The van der Waals surface area contributed by atoms with Crippen molar-refractivity contribution >= 4 is 21.6 Å². The van der Waals surface area contributed by atoms with Gasteiger partial charge in [-0.15, -0.1) is 0 Å². The van der Waals surface area contributed by atoms with Crippen LogP contribution in [0.2, 0.25) is 0 Å². The summed E-state index contributed by atoms with van der Waals surface area (Å²) in [6.45, 7) is 1.62. The Kier molecular flexibility index (Phi) is 3.53. The van der Waals surface area contributed by atoms with E-state index in [-0.39, 0.29) is 23.1 Å². The van der Waals surface area contributed by atoms with Gasteiger partial charge < -0.3 is 10.4 Å². The van der Waals surface area contributed by atoms with E-state index in [1.807, 2.05) is 0 Å². The smallest absolute Gasteiger partial charge is 0.341 e. The number of aromatic nitrogens is 2. The van der Waals surface area contributed by atoms with Gasteiger partial charge in [-0.1, -0.05) is 0 Å². The number of carbonyl (C=O) groups is 1. The molecule has 19 heavy (non-hydrogen) atoms. The van der Waals surface area contributed by atoms with Gasteiger partial charge in [0.25, 0.3) is 0 Å². The number of hydrogen-bond donors (Lipinski definition) is 2. The number of aromatic carboxylic acids is 1. The normalized spacial score (nSPS) is 22.1. The molecule has 1 aliphatic rings. The zero-order valence-electron chi connectivity index (χ0n) is 10.9. The van der Waals surface area contributed by atoms with E-state index in [1.54, 1.807) is 14.0 Å². The van der Waals surface area contributed by atoms with Gasteiger partial charge in [0, 0.05) is 13.1 Å². The number of carboxylic acid groups (broad SMARTS) is 1. The average Bonchev–Trinajstić information content (AvgIpc) is 2.52. The number of sulfone groups is 1. The van der Waals surface area contributed by atoms with Gasteiger partial charge in [-0.2, -0.15) is 5.10 Å². The minimum Gasteiger partial charge on any atom is -0.477 e. The maximum Gasteiger partial charge on any atom is 0.341 e. The van der Waals surface area contributed by atoms with E-state index in [4.69, 9.17) is 0 Å². The Bertz CT molecular complexity index is 606. The van der Waals surface area contributed by atoms with Crippen molar-refractivity contribution in [2.24, 2.45) is 7.05 Å². The second kappa shape index (κ2) is 4.84. The van der Waals surface area contributed by atoms with Crippen LogP contribution in [-0.2, 0) is 16.9 Å². The van der Waals surface area contributed by atoms with Crippen molar-refractivity contribution in [3.8, 4) is 0 Å². The number of aryl methyl sites for hydroxylation is 2. The first-order valence-corrected chi connectivity index (χ1v) is 7.86. The number of carboxylic acids is 1. The van der Waals surface area contributed by atoms with Crippen LogP contribution in [0.3, 0.4) is 0 Å². The van der Waals surface area contributed by atoms with Crippen molar-refractivity contribution in [1.82, 2.24) is 9.78 Å². The van der Waals surface area contributed by atoms with Gasteiger partial charge in [-0.25, -0.2) is 13.2 Å². The number of rotatable bonds is 3. The number of nitrogens with zero attached hydrogens (tertiary/aromatic N) is 2. The Morgan fingerprint density at radius 3 is 2.79 bits per heavy atom. The zero-order valence-corrected chi connectivity index (χ0v) is 11.7. The molecule has 7 nitrogen and oxygen atoms in total. The second-order valence-corrected chi connectivity index (χ2v) is 7.06. The summed E-state index contributed by atoms with van der Waals surface area (Å²) in [5, 5.41) is 16.3. The number of anilines is 1. The molecule has 0 bridgehead atoms. The molecule has 2 rings (SSSR count). The van der Waals surface area contributed by atoms with Gasteiger partial charge in [-0.3, -0.25) is 4.68 Å². The molecule has 8 heteroatoms. The SMILES string of the molecule is Cc1nn(C)c(NC2CCCS(=O)(=O)C2)c1C(=O)O. The number of nitrogens with one attached hydrogen (secondary N) is 1. The van der Waals surface area contributed by atoms with Crippen LogP contribution in [0.4, 0.5) is 5.82 Å². The molecular weight excluding hydrogens is 270 g/mol. The number of hydrogen-bond acceptors (Lipinski definition) is 5. The summed E-state index contributed by atoms with van der Waals surface area (Å²) in [5.74, 6) is -0.448. The maximum atomic E-state index is 11.6. The predicted octanol–water partition coefficient (Wildman–Crippen LogP) is 0.416. The maximum absolute atomic E-state index is 11.6. The molecule has 1 fully saturated rings. The average molecular weight is 287 g/mol. The van der Waals surface area contributed by atoms with Crippen molar-refractivity contribution in [1.29, 1.82) is 0 Å². The lowest BCUT2D eigenvalue weighted by Gasteiger charge is -2.24. The first-order chi connectivity index (χ1) is 8.80. The molecule has 1 atom stereocenters. The lowest BCUT2D eigenvalue weighted by atomic mass is 10.1. The highest BCUT2D eigenvalue weighted by Gasteiger charge is 2.28. The Balaban J connectivity index is 2.26. The third-order valence-corrected chi connectivity index (χ3v) is 5.06. The fourth-order valence-corrected chi connectivity index (χ4v) is 4.05.